The highest BCUT2D eigenvalue weighted by molar-refractivity contribution is 5.87. The van der Waals surface area contributed by atoms with Gasteiger partial charge in [-0.2, -0.15) is 0 Å². The van der Waals surface area contributed by atoms with Gasteiger partial charge in [-0.3, -0.25) is 9.59 Å². The maximum absolute atomic E-state index is 13.3. The smallest absolute Gasteiger partial charge is 0.137 e. The van der Waals surface area contributed by atoms with Crippen molar-refractivity contribution in [2.75, 3.05) is 0 Å². The van der Waals surface area contributed by atoms with E-state index in [9.17, 15) is 9.59 Å². The standard InChI is InChI=1S/C21H30O2/c1-13(22)16-9-10-17-15-8-7-14-6-4-5-11-20(14,2)19(15)18(23)12-21(16,17)3/h4-5,14-17,19H,6-12H2,1-3H3/t14-,15+,16+,17-,19-,20+,21+/m1/s1. The molecule has 4 rings (SSSR count). The molecule has 3 saturated carbocycles. The fourth-order valence-corrected chi connectivity index (χ4v) is 7.33. The van der Waals surface area contributed by atoms with Crippen LogP contribution in [0.15, 0.2) is 12.2 Å². The molecule has 0 aliphatic heterocycles. The molecule has 0 bridgehead atoms. The molecular formula is C21H30O2. The van der Waals surface area contributed by atoms with Crippen molar-refractivity contribution in [1.29, 1.82) is 0 Å². The van der Waals surface area contributed by atoms with Gasteiger partial charge >= 0.3 is 0 Å². The molecule has 2 heteroatoms. The highest BCUT2D eigenvalue weighted by Crippen LogP contribution is 2.65. The van der Waals surface area contributed by atoms with Crippen molar-refractivity contribution in [3.8, 4) is 0 Å². The van der Waals surface area contributed by atoms with Gasteiger partial charge in [0.2, 0.25) is 0 Å². The first-order chi connectivity index (χ1) is 10.9. The number of rotatable bonds is 1. The van der Waals surface area contributed by atoms with Gasteiger partial charge in [0.1, 0.15) is 11.6 Å². The summed E-state index contributed by atoms with van der Waals surface area (Å²) >= 11 is 0. The monoisotopic (exact) mass is 314 g/mol. The third-order valence-corrected chi connectivity index (χ3v) is 8.38. The Morgan fingerprint density at radius 1 is 1.09 bits per heavy atom. The van der Waals surface area contributed by atoms with Crippen LogP contribution in [0.2, 0.25) is 0 Å². The molecule has 23 heavy (non-hydrogen) atoms. The van der Waals surface area contributed by atoms with Gasteiger partial charge in [0.25, 0.3) is 0 Å². The maximum Gasteiger partial charge on any atom is 0.137 e. The van der Waals surface area contributed by atoms with Crippen molar-refractivity contribution in [2.45, 2.75) is 65.7 Å². The van der Waals surface area contributed by atoms with Gasteiger partial charge in [-0.1, -0.05) is 26.0 Å². The number of allylic oxidation sites excluding steroid dienone is 2. The summed E-state index contributed by atoms with van der Waals surface area (Å²) in [5, 5.41) is 0. The van der Waals surface area contributed by atoms with Crippen molar-refractivity contribution in [3.05, 3.63) is 12.2 Å². The van der Waals surface area contributed by atoms with E-state index in [-0.39, 0.29) is 22.7 Å². The molecule has 0 unspecified atom stereocenters. The van der Waals surface area contributed by atoms with Gasteiger partial charge in [0, 0.05) is 18.3 Å². The van der Waals surface area contributed by atoms with E-state index in [1.54, 1.807) is 6.92 Å². The van der Waals surface area contributed by atoms with Gasteiger partial charge < -0.3 is 0 Å². The van der Waals surface area contributed by atoms with Crippen molar-refractivity contribution < 1.29 is 9.59 Å². The summed E-state index contributed by atoms with van der Waals surface area (Å²) in [7, 11) is 0. The Kier molecular flexibility index (Phi) is 3.42. The summed E-state index contributed by atoms with van der Waals surface area (Å²) in [4.78, 5) is 25.4. The summed E-state index contributed by atoms with van der Waals surface area (Å²) in [6.45, 7) is 6.37. The van der Waals surface area contributed by atoms with Crippen LogP contribution in [-0.2, 0) is 9.59 Å². The molecule has 4 aliphatic carbocycles. The first-order valence-corrected chi connectivity index (χ1v) is 9.56. The molecule has 0 saturated heterocycles. The van der Waals surface area contributed by atoms with Gasteiger partial charge in [0.15, 0.2) is 0 Å². The van der Waals surface area contributed by atoms with Crippen molar-refractivity contribution in [2.24, 2.45) is 40.4 Å². The molecule has 2 nitrogen and oxygen atoms in total. The van der Waals surface area contributed by atoms with Crippen LogP contribution >= 0.6 is 0 Å². The quantitative estimate of drug-likeness (QED) is 0.664. The Bertz CT molecular complexity index is 576. The number of ketones is 2. The van der Waals surface area contributed by atoms with Crippen LogP contribution in [0.3, 0.4) is 0 Å². The average Bonchev–Trinajstić information content (AvgIpc) is 2.82. The second-order valence-electron chi connectivity index (χ2n) is 9.33. The van der Waals surface area contributed by atoms with E-state index in [2.05, 4.69) is 26.0 Å². The summed E-state index contributed by atoms with van der Waals surface area (Å²) in [5.41, 5.74) is 0.113. The zero-order valence-corrected chi connectivity index (χ0v) is 14.8. The van der Waals surface area contributed by atoms with E-state index in [4.69, 9.17) is 0 Å². The molecule has 4 aliphatic rings. The third-order valence-electron chi connectivity index (χ3n) is 8.38. The van der Waals surface area contributed by atoms with E-state index >= 15 is 0 Å². The lowest BCUT2D eigenvalue weighted by molar-refractivity contribution is -0.155. The Morgan fingerprint density at radius 2 is 1.87 bits per heavy atom. The van der Waals surface area contributed by atoms with E-state index < -0.39 is 0 Å². The Hall–Kier alpha value is -0.920. The van der Waals surface area contributed by atoms with Crippen molar-refractivity contribution in [1.82, 2.24) is 0 Å². The molecule has 3 fully saturated rings. The predicted octanol–water partition coefficient (Wildman–Crippen LogP) is 4.58. The minimum atomic E-state index is -0.0578. The lowest BCUT2D eigenvalue weighted by Crippen LogP contribution is -2.56. The second-order valence-corrected chi connectivity index (χ2v) is 9.33. The molecule has 0 amide bonds. The fraction of sp³-hybridized carbons (Fsp3) is 0.810. The number of fused-ring (bicyclic) bond motifs is 5. The van der Waals surface area contributed by atoms with E-state index in [1.807, 2.05) is 0 Å². The molecular weight excluding hydrogens is 284 g/mol. The third kappa shape index (κ3) is 1.99. The highest BCUT2D eigenvalue weighted by atomic mass is 16.1. The first-order valence-electron chi connectivity index (χ1n) is 9.56. The number of carbonyl (C=O) groups excluding carboxylic acids is 2. The van der Waals surface area contributed by atoms with E-state index in [0.717, 1.165) is 25.7 Å². The molecule has 0 heterocycles. The Balaban J connectivity index is 1.72. The van der Waals surface area contributed by atoms with Crippen LogP contribution in [0, 0.1) is 40.4 Å². The minimum absolute atomic E-state index is 0.0578. The summed E-state index contributed by atoms with van der Waals surface area (Å²) < 4.78 is 0. The zero-order chi connectivity index (χ0) is 16.4. The highest BCUT2D eigenvalue weighted by Gasteiger charge is 2.63. The molecule has 0 spiro atoms. The molecule has 0 aromatic heterocycles. The Labute approximate surface area is 140 Å². The van der Waals surface area contributed by atoms with Crippen molar-refractivity contribution >= 4 is 11.6 Å². The Morgan fingerprint density at radius 3 is 2.61 bits per heavy atom. The molecule has 0 radical (unpaired) electrons. The van der Waals surface area contributed by atoms with Gasteiger partial charge in [-0.05, 0) is 74.0 Å². The van der Waals surface area contributed by atoms with Crippen LogP contribution in [0.25, 0.3) is 0 Å². The van der Waals surface area contributed by atoms with Crippen LogP contribution in [0.5, 0.6) is 0 Å². The normalized spacial score (nSPS) is 51.8. The maximum atomic E-state index is 13.3. The molecule has 126 valence electrons. The fourth-order valence-electron chi connectivity index (χ4n) is 7.33. The zero-order valence-electron chi connectivity index (χ0n) is 14.8. The van der Waals surface area contributed by atoms with Gasteiger partial charge in [0.05, 0.1) is 0 Å². The van der Waals surface area contributed by atoms with Gasteiger partial charge in [-0.15, -0.1) is 0 Å². The number of hydrogen-bond donors (Lipinski definition) is 0. The van der Waals surface area contributed by atoms with Gasteiger partial charge in [-0.25, -0.2) is 0 Å². The van der Waals surface area contributed by atoms with E-state index in [0.29, 0.717) is 35.7 Å². The lowest BCUT2D eigenvalue weighted by Gasteiger charge is -2.58. The number of Topliss-reactive ketones (excluding diaryl/α,β-unsaturated/α-hetero) is 2. The molecule has 0 N–H and O–H groups in total. The number of carbonyl (C=O) groups is 2. The average molecular weight is 314 g/mol. The van der Waals surface area contributed by atoms with Crippen LogP contribution in [0.1, 0.15) is 65.7 Å². The molecule has 7 atom stereocenters. The second kappa shape index (κ2) is 5.04. The predicted molar refractivity (Wildman–Crippen MR) is 90.8 cm³/mol. The first kappa shape index (κ1) is 15.6. The van der Waals surface area contributed by atoms with Crippen molar-refractivity contribution in [3.63, 3.8) is 0 Å². The van der Waals surface area contributed by atoms with Crippen LogP contribution < -0.4 is 0 Å². The SMILES string of the molecule is CC(=O)[C@@H]1CC[C@@H]2[C@@H]3CC[C@H]4CC=CC[C@]4(C)[C@H]3C(=O)C[C@]21C. The van der Waals surface area contributed by atoms with Crippen LogP contribution in [0.4, 0.5) is 0 Å². The summed E-state index contributed by atoms with van der Waals surface area (Å²) in [6.07, 6.45) is 12.2. The summed E-state index contributed by atoms with van der Waals surface area (Å²) in [5.74, 6) is 2.95. The largest absolute Gasteiger partial charge is 0.300 e. The molecule has 0 aromatic carbocycles. The summed E-state index contributed by atoms with van der Waals surface area (Å²) in [6, 6.07) is 0. The topological polar surface area (TPSA) is 34.1 Å². The minimum Gasteiger partial charge on any atom is -0.300 e. The van der Waals surface area contributed by atoms with E-state index in [1.165, 1.54) is 12.8 Å². The lowest BCUT2D eigenvalue weighted by atomic mass is 9.45. The van der Waals surface area contributed by atoms with Crippen LogP contribution in [-0.4, -0.2) is 11.6 Å². The number of hydrogen-bond acceptors (Lipinski definition) is 2. The molecule has 0 aromatic rings.